The number of fused-ring (bicyclic) bond motifs is 4. The smallest absolute Gasteiger partial charge is 0.268 e. The number of rotatable bonds is 21. The van der Waals surface area contributed by atoms with E-state index in [4.69, 9.17) is 18.8 Å². The van der Waals surface area contributed by atoms with Gasteiger partial charge in [-0.3, -0.25) is 64.6 Å². The average molecular weight is 1990 g/mol. The second-order valence-corrected chi connectivity index (χ2v) is 42.8. The molecule has 16 heterocycles. The molecule has 29 nitrogen and oxygen atoms in total. The van der Waals surface area contributed by atoms with E-state index < -0.39 is 5.82 Å². The molecule has 726 valence electrons. The van der Waals surface area contributed by atoms with Gasteiger partial charge in [0.15, 0.2) is 5.82 Å². The molecule has 0 unspecified atom stereocenters. The van der Waals surface area contributed by atoms with Crippen LogP contribution < -0.4 is 21.3 Å². The van der Waals surface area contributed by atoms with Crippen molar-refractivity contribution in [3.63, 3.8) is 0 Å². The maximum absolute atomic E-state index is 14.9. The summed E-state index contributed by atoms with van der Waals surface area (Å²) in [6.45, 7) is 24.3. The number of pyridine rings is 1. The molecular formula is C108H101F2N19O10S4. The molecule has 12 aromatic heterocycles. The Labute approximate surface area is 836 Å². The quantitative estimate of drug-likeness (QED) is 0.0486. The molecule has 24 rings (SSSR count). The van der Waals surface area contributed by atoms with Crippen LogP contribution in [0.15, 0.2) is 261 Å². The zero-order valence-electron chi connectivity index (χ0n) is 78.5. The third-order valence-electron chi connectivity index (χ3n) is 29.3. The molecule has 4 saturated carbocycles. The summed E-state index contributed by atoms with van der Waals surface area (Å²) in [7, 11) is 0. The Bertz CT molecular complexity index is 7620. The number of para-hydroxylation sites is 6. The van der Waals surface area contributed by atoms with Crippen molar-refractivity contribution in [3.8, 4) is 42.3 Å². The van der Waals surface area contributed by atoms with Crippen LogP contribution in [0.1, 0.15) is 158 Å². The Kier molecular flexibility index (Phi) is 25.5. The fraction of sp³-hybridized carbons (Fsp3) is 0.287. The van der Waals surface area contributed by atoms with Gasteiger partial charge in [-0.05, 0) is 275 Å². The molecule has 16 aromatic rings. The number of thiophene rings is 4. The third kappa shape index (κ3) is 18.5. The number of anilines is 4. The van der Waals surface area contributed by atoms with Crippen molar-refractivity contribution in [2.45, 2.75) is 121 Å². The minimum absolute atomic E-state index is 0.00352. The second-order valence-electron chi connectivity index (χ2n) is 38.4. The first-order valence-corrected chi connectivity index (χ1v) is 51.0. The summed E-state index contributed by atoms with van der Waals surface area (Å²) in [5, 5.41) is 12.0. The molecule has 0 bridgehead atoms. The van der Waals surface area contributed by atoms with Crippen molar-refractivity contribution in [3.05, 3.63) is 294 Å². The summed E-state index contributed by atoms with van der Waals surface area (Å²) in [6, 6.07) is 52.2. The minimum Gasteiger partial charge on any atom is -0.464 e. The molecule has 0 atom stereocenters. The lowest BCUT2D eigenvalue weighted by Gasteiger charge is -2.46. The number of amides is 8. The average Bonchev–Trinajstić information content (AvgIpc) is 1.59. The van der Waals surface area contributed by atoms with Crippen molar-refractivity contribution in [2.75, 3.05) is 73.6 Å². The van der Waals surface area contributed by atoms with Gasteiger partial charge in [0, 0.05) is 105 Å². The topological polar surface area (TPSA) is 334 Å². The summed E-state index contributed by atoms with van der Waals surface area (Å²) in [6.07, 6.45) is 25.8. The van der Waals surface area contributed by atoms with Crippen molar-refractivity contribution in [1.82, 2.24) is 72.8 Å². The Morgan fingerprint density at radius 2 is 0.790 bits per heavy atom. The number of aromatic nitrogens is 11. The van der Waals surface area contributed by atoms with Gasteiger partial charge in [-0.1, -0.05) is 69.6 Å². The van der Waals surface area contributed by atoms with Gasteiger partial charge in [-0.2, -0.15) is 0 Å². The number of furan rings is 2. The maximum atomic E-state index is 14.9. The molecule has 4 spiro atoms. The van der Waals surface area contributed by atoms with E-state index in [9.17, 15) is 47.1 Å². The van der Waals surface area contributed by atoms with Crippen LogP contribution in [0.3, 0.4) is 0 Å². The number of likely N-dealkylation sites (tertiary alicyclic amines) is 4. The molecule has 4 saturated heterocycles. The Balaban J connectivity index is 0.000000113. The molecule has 35 heteroatoms. The first kappa shape index (κ1) is 94.2. The number of hydrogen-bond donors (Lipinski definition) is 4. The SMILES string of the molecule is C=CC(=O)N1CCC2(CC(n3c(NC(=O)c4ccc(-c5cc(C)ncn5)s4)nc4ccccc43)C2)C1.C=CC(=O)N1CCC2(CC(n3c(NC(=O)c4ccc(-c5ccco5)s4)nc4c(F)cccc43)C2)C1.C=CC(=O)N1CCC2(CC(n3c(NC(=O)c4ccc(-c5ccco5)s4)nc4cccc(F)c43)C2)C1.C=CC(=O)N1CCC2(CC(n3c(NC(=O)c4ccc(-c5cncc(CC)c5)s4)nc4ccccc43)C2)C1. The summed E-state index contributed by atoms with van der Waals surface area (Å²) >= 11 is 5.50. The van der Waals surface area contributed by atoms with E-state index in [0.717, 1.165) is 175 Å². The van der Waals surface area contributed by atoms with Crippen molar-refractivity contribution < 1.29 is 56.0 Å². The molecule has 8 aliphatic rings. The Morgan fingerprint density at radius 3 is 1.23 bits per heavy atom. The Morgan fingerprint density at radius 1 is 0.413 bits per heavy atom. The normalized spacial score (nSPS) is 21.1. The molecule has 143 heavy (non-hydrogen) atoms. The minimum atomic E-state index is -0.425. The van der Waals surface area contributed by atoms with E-state index in [1.807, 2.05) is 151 Å². The highest BCUT2D eigenvalue weighted by atomic mass is 32.1. The molecule has 4 aliphatic carbocycles. The zero-order valence-corrected chi connectivity index (χ0v) is 81.8. The van der Waals surface area contributed by atoms with Crippen LogP contribution in [-0.2, 0) is 25.6 Å². The van der Waals surface area contributed by atoms with E-state index >= 15 is 0 Å². The highest BCUT2D eigenvalue weighted by molar-refractivity contribution is 7.18. The van der Waals surface area contributed by atoms with Crippen molar-refractivity contribution in [2.24, 2.45) is 21.7 Å². The highest BCUT2D eigenvalue weighted by Crippen LogP contribution is 2.60. The lowest BCUT2D eigenvalue weighted by atomic mass is 9.64. The molecule has 8 amide bonds. The van der Waals surface area contributed by atoms with Gasteiger partial charge in [-0.15, -0.1) is 45.3 Å². The van der Waals surface area contributed by atoms with E-state index in [-0.39, 0.29) is 104 Å². The fourth-order valence-electron chi connectivity index (χ4n) is 22.2. The highest BCUT2D eigenvalue weighted by Gasteiger charge is 2.55. The van der Waals surface area contributed by atoms with Gasteiger partial charge in [0.05, 0.1) is 85.5 Å². The van der Waals surface area contributed by atoms with Gasteiger partial charge in [0.25, 0.3) is 23.6 Å². The molecule has 8 fully saturated rings. The molecular weight excluding hydrogens is 1890 g/mol. The fourth-order valence-corrected chi connectivity index (χ4v) is 25.7. The number of nitrogens with one attached hydrogen (secondary N) is 4. The first-order chi connectivity index (χ1) is 69.3. The number of carbonyl (C=O) groups is 8. The van der Waals surface area contributed by atoms with Gasteiger partial charge in [-0.25, -0.2) is 38.7 Å². The first-order valence-electron chi connectivity index (χ1n) is 47.7. The molecule has 4 N–H and O–H groups in total. The molecule has 0 radical (unpaired) electrons. The predicted molar refractivity (Wildman–Crippen MR) is 550 cm³/mol. The van der Waals surface area contributed by atoms with Crippen LogP contribution in [0, 0.1) is 40.2 Å². The molecule has 4 aromatic carbocycles. The van der Waals surface area contributed by atoms with E-state index in [0.29, 0.717) is 91.0 Å². The summed E-state index contributed by atoms with van der Waals surface area (Å²) in [5.74, 6) is 1.36. The van der Waals surface area contributed by atoms with Crippen molar-refractivity contribution >= 4 is 161 Å². The number of aryl methyl sites for hydroxylation is 2. The largest absolute Gasteiger partial charge is 0.464 e. The van der Waals surface area contributed by atoms with E-state index in [1.165, 1.54) is 93.7 Å². The number of imidazole rings is 4. The summed E-state index contributed by atoms with van der Waals surface area (Å²) in [4.78, 5) is 146. The van der Waals surface area contributed by atoms with Gasteiger partial charge >= 0.3 is 0 Å². The van der Waals surface area contributed by atoms with E-state index in [1.54, 1.807) is 55.0 Å². The van der Waals surface area contributed by atoms with Gasteiger partial charge < -0.3 is 46.7 Å². The summed E-state index contributed by atoms with van der Waals surface area (Å²) in [5.41, 5.74) is 9.73. The van der Waals surface area contributed by atoms with Gasteiger partial charge in [0.1, 0.15) is 34.7 Å². The number of carbonyl (C=O) groups excluding carboxylic acids is 8. The Hall–Kier alpha value is -15.1. The van der Waals surface area contributed by atoms with Crippen molar-refractivity contribution in [1.29, 1.82) is 0 Å². The van der Waals surface area contributed by atoms with Gasteiger partial charge in [0.2, 0.25) is 47.4 Å². The lowest BCUT2D eigenvalue weighted by Crippen LogP contribution is -2.42. The van der Waals surface area contributed by atoms with Crippen LogP contribution in [0.4, 0.5) is 32.6 Å². The monoisotopic (exact) mass is 1990 g/mol. The second kappa shape index (κ2) is 38.7. The predicted octanol–water partition coefficient (Wildman–Crippen LogP) is 21.5. The zero-order chi connectivity index (χ0) is 98.7. The summed E-state index contributed by atoms with van der Waals surface area (Å²) < 4.78 is 48.5. The number of hydrogen-bond acceptors (Lipinski definition) is 21. The van der Waals surface area contributed by atoms with Crippen LogP contribution in [-0.4, -0.2) is 172 Å². The molecule has 4 aliphatic heterocycles. The van der Waals surface area contributed by atoms with E-state index in [2.05, 4.69) is 101 Å². The van der Waals surface area contributed by atoms with Crippen LogP contribution in [0.25, 0.3) is 86.4 Å². The van der Waals surface area contributed by atoms with Crippen LogP contribution >= 0.6 is 45.3 Å². The number of benzene rings is 4. The standard InChI is InChI=1S/C29H29N5O2S.C27H26N6O2S.2C26H23FN4O3S/c1-3-19-13-20(17-30-16-19)24-9-10-25(37-24)27(36)32-28-31-22-7-5-6-8-23(22)34(28)21-14-29(15-21)11-12-33(18-29)26(35)4-2;1-3-24(34)32-11-10-27(15-32)13-18(14-27)33-21-7-5-4-6-19(21)30-26(33)31-25(35)23-9-8-22(36-23)20-12-17(2)28-16-29-20;1-2-22(32)30-11-10-26(15-30)13-16(14-26)31-18-6-3-5-17(27)23(18)28-25(31)29-24(33)21-9-8-20(35-21)19-7-4-12-34-19;1-2-22(32)30-11-10-26(15-30)13-16(14-26)31-23-17(27)5-3-6-18(23)28-25(31)29-24(33)21-9-8-20(35-21)19-7-4-12-34-19/h4-10,13,16-17,21H,2-3,11-12,14-15,18H2,1H3,(H,31,32,36);3-9,12,16,18H,1,10-11,13-15H2,2H3,(H,30,31,35);2*2-9,12,16H,1,10-11,13-15H2,(H,28,29,33). The van der Waals surface area contributed by atoms with Crippen LogP contribution in [0.5, 0.6) is 0 Å². The number of halogens is 2. The third-order valence-corrected chi connectivity index (χ3v) is 33.8. The lowest BCUT2D eigenvalue weighted by molar-refractivity contribution is -0.126. The number of nitrogens with zero attached hydrogens (tertiary/aromatic N) is 15. The maximum Gasteiger partial charge on any atom is 0.268 e. The van der Waals surface area contributed by atoms with Crippen LogP contribution in [0.2, 0.25) is 0 Å².